The zero-order valence-corrected chi connectivity index (χ0v) is 15.6. The number of thioether (sulfide) groups is 1. The average molecular weight is 392 g/mol. The average Bonchev–Trinajstić information content (AvgIpc) is 2.91. The molecule has 0 aliphatic carbocycles. The Balaban J connectivity index is 1.77. The van der Waals surface area contributed by atoms with Crippen LogP contribution in [0.5, 0.6) is 11.5 Å². The molecule has 0 saturated carbocycles. The molecule has 1 aliphatic heterocycles. The van der Waals surface area contributed by atoms with E-state index in [1.165, 1.54) is 11.8 Å². The second-order valence-corrected chi connectivity index (χ2v) is 7.34. The van der Waals surface area contributed by atoms with Crippen molar-refractivity contribution in [3.8, 4) is 11.5 Å². The summed E-state index contributed by atoms with van der Waals surface area (Å²) in [6, 6.07) is 13.0. The number of benzene rings is 2. The fourth-order valence-corrected chi connectivity index (χ4v) is 3.51. The largest absolute Gasteiger partial charge is 0.493 e. The van der Waals surface area contributed by atoms with Crippen molar-refractivity contribution >= 4 is 51.9 Å². The van der Waals surface area contributed by atoms with E-state index in [4.69, 9.17) is 33.3 Å². The molecule has 0 aromatic heterocycles. The second-order valence-electron chi connectivity index (χ2n) is 5.18. The van der Waals surface area contributed by atoms with E-state index >= 15 is 0 Å². The van der Waals surface area contributed by atoms with Gasteiger partial charge in [0, 0.05) is 5.02 Å². The molecule has 2 aromatic rings. The van der Waals surface area contributed by atoms with Crippen LogP contribution >= 0.6 is 35.6 Å². The quantitative estimate of drug-likeness (QED) is 0.604. The van der Waals surface area contributed by atoms with Crippen molar-refractivity contribution in [3.05, 3.63) is 63.5 Å². The van der Waals surface area contributed by atoms with Crippen molar-refractivity contribution < 1.29 is 14.3 Å². The summed E-state index contributed by atoms with van der Waals surface area (Å²) in [7, 11) is 1.57. The van der Waals surface area contributed by atoms with Gasteiger partial charge in [0.1, 0.15) is 10.9 Å². The Bertz CT molecular complexity index is 867. The lowest BCUT2D eigenvalue weighted by Crippen LogP contribution is -2.17. The summed E-state index contributed by atoms with van der Waals surface area (Å²) in [4.78, 5) is 12.3. The highest BCUT2D eigenvalue weighted by Gasteiger charge is 2.22. The molecule has 1 N–H and O–H groups in total. The van der Waals surface area contributed by atoms with Crippen LogP contribution in [-0.2, 0) is 11.4 Å². The Kier molecular flexibility index (Phi) is 5.63. The number of nitrogens with one attached hydrogen (secondary N) is 1. The van der Waals surface area contributed by atoms with Crippen molar-refractivity contribution in [2.75, 3.05) is 7.11 Å². The highest BCUT2D eigenvalue weighted by molar-refractivity contribution is 8.26. The first kappa shape index (κ1) is 17.8. The molecule has 4 nitrogen and oxygen atoms in total. The number of thiocarbonyl (C=S) groups is 1. The number of carbonyl (C=O) groups is 1. The summed E-state index contributed by atoms with van der Waals surface area (Å²) < 4.78 is 11.7. The number of halogens is 1. The van der Waals surface area contributed by atoms with E-state index < -0.39 is 0 Å². The first-order valence-corrected chi connectivity index (χ1v) is 8.95. The van der Waals surface area contributed by atoms with Crippen LogP contribution in [0.1, 0.15) is 11.1 Å². The number of hydrogen-bond acceptors (Lipinski definition) is 5. The number of carbonyl (C=O) groups excluding carboxylic acids is 1. The Morgan fingerprint density at radius 2 is 2.08 bits per heavy atom. The summed E-state index contributed by atoms with van der Waals surface area (Å²) in [6.45, 7) is 0.379. The van der Waals surface area contributed by atoms with Crippen LogP contribution in [0.25, 0.3) is 6.08 Å². The Labute approximate surface area is 160 Å². The molecule has 128 valence electrons. The predicted octanol–water partition coefficient (Wildman–Crippen LogP) is 4.42. The molecule has 1 amide bonds. The molecule has 0 radical (unpaired) electrons. The van der Waals surface area contributed by atoms with E-state index in [0.717, 1.165) is 11.1 Å². The van der Waals surface area contributed by atoms with Crippen LogP contribution in [0.2, 0.25) is 5.02 Å². The number of amides is 1. The van der Waals surface area contributed by atoms with Gasteiger partial charge in [0.15, 0.2) is 11.5 Å². The number of hydrogen-bond donors (Lipinski definition) is 1. The minimum absolute atomic E-state index is 0.185. The normalized spacial score (nSPS) is 15.4. The van der Waals surface area contributed by atoms with E-state index in [0.29, 0.717) is 32.4 Å². The first-order chi connectivity index (χ1) is 12.0. The van der Waals surface area contributed by atoms with Crippen LogP contribution < -0.4 is 14.8 Å². The summed E-state index contributed by atoms with van der Waals surface area (Å²) in [5.74, 6) is 1.02. The van der Waals surface area contributed by atoms with Gasteiger partial charge in [0.2, 0.25) is 0 Å². The number of ether oxygens (including phenoxy) is 2. The lowest BCUT2D eigenvalue weighted by Gasteiger charge is -2.11. The molecule has 2 aromatic carbocycles. The smallest absolute Gasteiger partial charge is 0.263 e. The maximum Gasteiger partial charge on any atom is 0.263 e. The fourth-order valence-electron chi connectivity index (χ4n) is 2.25. The monoisotopic (exact) mass is 391 g/mol. The highest BCUT2D eigenvalue weighted by atomic mass is 35.5. The van der Waals surface area contributed by atoms with Crippen LogP contribution in [-0.4, -0.2) is 17.3 Å². The highest BCUT2D eigenvalue weighted by Crippen LogP contribution is 2.32. The van der Waals surface area contributed by atoms with Crippen molar-refractivity contribution in [1.82, 2.24) is 5.32 Å². The first-order valence-electron chi connectivity index (χ1n) is 7.35. The minimum atomic E-state index is -0.185. The van der Waals surface area contributed by atoms with Crippen LogP contribution in [0.15, 0.2) is 47.4 Å². The minimum Gasteiger partial charge on any atom is -0.493 e. The molecule has 0 unspecified atom stereocenters. The maximum absolute atomic E-state index is 11.7. The molecule has 0 atom stereocenters. The van der Waals surface area contributed by atoms with Gasteiger partial charge in [0.05, 0.1) is 12.0 Å². The number of methoxy groups -OCH3 is 1. The summed E-state index contributed by atoms with van der Waals surface area (Å²) in [5, 5.41) is 3.26. The Morgan fingerprint density at radius 3 is 2.76 bits per heavy atom. The van der Waals surface area contributed by atoms with Crippen molar-refractivity contribution in [2.24, 2.45) is 0 Å². The van der Waals surface area contributed by atoms with E-state index in [-0.39, 0.29) is 5.91 Å². The van der Waals surface area contributed by atoms with Crippen molar-refractivity contribution in [1.29, 1.82) is 0 Å². The van der Waals surface area contributed by atoms with Gasteiger partial charge in [-0.2, -0.15) is 0 Å². The topological polar surface area (TPSA) is 47.6 Å². The van der Waals surface area contributed by atoms with Gasteiger partial charge in [0.25, 0.3) is 5.91 Å². The molecule has 7 heteroatoms. The Morgan fingerprint density at radius 1 is 1.24 bits per heavy atom. The fraction of sp³-hybridized carbons (Fsp3) is 0.111. The standard InChI is InChI=1S/C18H14ClNO3S2/c1-22-15-8-11(9-16-17(21)20-18(24)25-16)5-6-14(15)23-10-12-3-2-4-13(19)7-12/h2-9H,10H2,1H3,(H,20,21,24)/b16-9+. The predicted molar refractivity (Wildman–Crippen MR) is 105 cm³/mol. The van der Waals surface area contributed by atoms with E-state index in [1.807, 2.05) is 42.5 Å². The van der Waals surface area contributed by atoms with Gasteiger partial charge in [-0.3, -0.25) is 4.79 Å². The second kappa shape index (κ2) is 7.91. The van der Waals surface area contributed by atoms with Crippen molar-refractivity contribution in [3.63, 3.8) is 0 Å². The molecule has 1 aliphatic rings. The summed E-state index contributed by atoms with van der Waals surface area (Å²) in [6.07, 6.45) is 1.77. The molecule has 1 fully saturated rings. The van der Waals surface area contributed by atoms with Gasteiger partial charge in [-0.05, 0) is 41.5 Å². The molecular formula is C18H14ClNO3S2. The van der Waals surface area contributed by atoms with E-state index in [1.54, 1.807) is 13.2 Å². The lowest BCUT2D eigenvalue weighted by atomic mass is 10.2. The summed E-state index contributed by atoms with van der Waals surface area (Å²) >= 11 is 12.2. The zero-order valence-electron chi connectivity index (χ0n) is 13.2. The Hall–Kier alpha value is -2.02. The van der Waals surface area contributed by atoms with Gasteiger partial charge >= 0.3 is 0 Å². The molecule has 1 saturated heterocycles. The molecule has 0 spiro atoms. The SMILES string of the molecule is COc1cc(/C=C2/SC(=S)NC2=O)ccc1OCc1cccc(Cl)c1. The molecular weight excluding hydrogens is 378 g/mol. The summed E-state index contributed by atoms with van der Waals surface area (Å²) in [5.41, 5.74) is 1.79. The third-order valence-corrected chi connectivity index (χ3v) is 4.81. The van der Waals surface area contributed by atoms with Gasteiger partial charge in [-0.25, -0.2) is 0 Å². The lowest BCUT2D eigenvalue weighted by molar-refractivity contribution is -0.115. The zero-order chi connectivity index (χ0) is 17.8. The molecule has 1 heterocycles. The van der Waals surface area contributed by atoms with Crippen LogP contribution in [0, 0.1) is 0 Å². The van der Waals surface area contributed by atoms with Gasteiger partial charge < -0.3 is 14.8 Å². The van der Waals surface area contributed by atoms with Crippen LogP contribution in [0.4, 0.5) is 0 Å². The van der Waals surface area contributed by atoms with E-state index in [9.17, 15) is 4.79 Å². The molecule has 25 heavy (non-hydrogen) atoms. The van der Waals surface area contributed by atoms with Gasteiger partial charge in [-0.15, -0.1) is 0 Å². The maximum atomic E-state index is 11.7. The third kappa shape index (κ3) is 4.54. The van der Waals surface area contributed by atoms with Crippen LogP contribution in [0.3, 0.4) is 0 Å². The van der Waals surface area contributed by atoms with Gasteiger partial charge in [-0.1, -0.05) is 53.8 Å². The molecule has 3 rings (SSSR count). The molecule has 0 bridgehead atoms. The number of rotatable bonds is 5. The van der Waals surface area contributed by atoms with E-state index in [2.05, 4.69) is 5.32 Å². The van der Waals surface area contributed by atoms with Crippen molar-refractivity contribution in [2.45, 2.75) is 6.61 Å². The third-order valence-electron chi connectivity index (χ3n) is 3.41.